The highest BCUT2D eigenvalue weighted by atomic mass is 16.2. The van der Waals surface area contributed by atoms with Crippen LogP contribution < -0.4 is 11.0 Å². The zero-order valence-electron chi connectivity index (χ0n) is 11.3. The van der Waals surface area contributed by atoms with Gasteiger partial charge in [-0.25, -0.2) is 4.79 Å². The first-order valence-electron chi connectivity index (χ1n) is 6.57. The molecule has 0 radical (unpaired) electrons. The molecule has 0 bridgehead atoms. The number of nitrogens with one attached hydrogen (secondary N) is 1. The van der Waals surface area contributed by atoms with Gasteiger partial charge in [0.25, 0.3) is 0 Å². The van der Waals surface area contributed by atoms with E-state index in [2.05, 4.69) is 5.32 Å². The Kier molecular flexibility index (Phi) is 4.04. The van der Waals surface area contributed by atoms with Gasteiger partial charge in [0.2, 0.25) is 5.91 Å². The van der Waals surface area contributed by atoms with Crippen molar-refractivity contribution in [2.45, 2.75) is 32.9 Å². The van der Waals surface area contributed by atoms with E-state index in [1.165, 1.54) is 0 Å². The molecule has 1 amide bonds. The molecule has 0 unspecified atom stereocenters. The number of aromatic nitrogens is 2. The van der Waals surface area contributed by atoms with Crippen LogP contribution in [0.3, 0.4) is 0 Å². The summed E-state index contributed by atoms with van der Waals surface area (Å²) >= 11 is 0. The van der Waals surface area contributed by atoms with E-state index in [9.17, 15) is 9.59 Å². The summed E-state index contributed by atoms with van der Waals surface area (Å²) in [5, 5.41) is 2.57. The average Bonchev–Trinajstić information content (AvgIpc) is 2.70. The minimum atomic E-state index is -0.0563. The number of hydrogen-bond donors (Lipinski definition) is 1. The van der Waals surface area contributed by atoms with Crippen LogP contribution in [0.4, 0.5) is 0 Å². The molecule has 2 aromatic rings. The van der Waals surface area contributed by atoms with Crippen molar-refractivity contribution >= 4 is 16.9 Å². The molecule has 2 rings (SSSR count). The highest BCUT2D eigenvalue weighted by Crippen LogP contribution is 2.13. The fourth-order valence-electron chi connectivity index (χ4n) is 2.27. The van der Waals surface area contributed by atoms with Crippen LogP contribution in [0.2, 0.25) is 0 Å². The Morgan fingerprint density at radius 3 is 2.26 bits per heavy atom. The molecular formula is C14H19N3O2. The standard InChI is InChI=1S/C14H19N3O2/c1-3-9-16-11-6-4-5-7-12(11)17(14(16)19)10-8-13(18)15-2/h4-7H,3,8-10H2,1-2H3,(H,15,18). The Balaban J connectivity index is 2.45. The number of para-hydroxylation sites is 2. The van der Waals surface area contributed by atoms with Gasteiger partial charge in [0.15, 0.2) is 0 Å². The van der Waals surface area contributed by atoms with Gasteiger partial charge in [0, 0.05) is 26.6 Å². The molecule has 0 fully saturated rings. The SMILES string of the molecule is CCCn1c(=O)n(CCC(=O)NC)c2ccccc21. The number of hydrogen-bond acceptors (Lipinski definition) is 2. The van der Waals surface area contributed by atoms with Crippen molar-refractivity contribution in [3.8, 4) is 0 Å². The van der Waals surface area contributed by atoms with Crippen molar-refractivity contribution in [1.82, 2.24) is 14.5 Å². The molecule has 0 spiro atoms. The molecule has 0 aliphatic heterocycles. The first kappa shape index (κ1) is 13.4. The summed E-state index contributed by atoms with van der Waals surface area (Å²) in [4.78, 5) is 23.7. The molecule has 5 heteroatoms. The van der Waals surface area contributed by atoms with Crippen LogP contribution in [0.15, 0.2) is 29.1 Å². The summed E-state index contributed by atoms with van der Waals surface area (Å²) in [5.41, 5.74) is 1.79. The Labute approximate surface area is 111 Å². The summed E-state index contributed by atoms with van der Waals surface area (Å²) in [6.45, 7) is 3.16. The molecule has 5 nitrogen and oxygen atoms in total. The first-order chi connectivity index (χ1) is 9.19. The lowest BCUT2D eigenvalue weighted by molar-refractivity contribution is -0.120. The third kappa shape index (κ3) is 2.54. The molecule has 0 saturated carbocycles. The van der Waals surface area contributed by atoms with E-state index < -0.39 is 0 Å². The van der Waals surface area contributed by atoms with Crippen LogP contribution in [0, 0.1) is 0 Å². The fraction of sp³-hybridized carbons (Fsp3) is 0.429. The van der Waals surface area contributed by atoms with E-state index in [0.29, 0.717) is 19.5 Å². The summed E-state index contributed by atoms with van der Waals surface area (Å²) < 4.78 is 3.46. The molecular weight excluding hydrogens is 242 g/mol. The highest BCUT2D eigenvalue weighted by Gasteiger charge is 2.12. The number of carbonyl (C=O) groups excluding carboxylic acids is 1. The van der Waals surface area contributed by atoms with Crippen LogP contribution in [-0.2, 0) is 17.9 Å². The molecule has 1 heterocycles. The molecule has 0 aliphatic rings. The largest absolute Gasteiger partial charge is 0.359 e. The van der Waals surface area contributed by atoms with Gasteiger partial charge >= 0.3 is 5.69 Å². The van der Waals surface area contributed by atoms with Gasteiger partial charge in [-0.15, -0.1) is 0 Å². The van der Waals surface area contributed by atoms with Gasteiger partial charge < -0.3 is 5.32 Å². The van der Waals surface area contributed by atoms with Gasteiger partial charge in [-0.2, -0.15) is 0 Å². The number of fused-ring (bicyclic) bond motifs is 1. The van der Waals surface area contributed by atoms with Gasteiger partial charge in [-0.05, 0) is 18.6 Å². The number of aryl methyl sites for hydroxylation is 2. The van der Waals surface area contributed by atoms with Crippen molar-refractivity contribution in [3.05, 3.63) is 34.7 Å². The van der Waals surface area contributed by atoms with Crippen molar-refractivity contribution in [2.75, 3.05) is 7.05 Å². The van der Waals surface area contributed by atoms with Crippen molar-refractivity contribution in [3.63, 3.8) is 0 Å². The van der Waals surface area contributed by atoms with Crippen molar-refractivity contribution in [1.29, 1.82) is 0 Å². The third-order valence-electron chi connectivity index (χ3n) is 3.21. The molecule has 1 aromatic heterocycles. The number of nitrogens with zero attached hydrogens (tertiary/aromatic N) is 2. The maximum atomic E-state index is 12.4. The smallest absolute Gasteiger partial charge is 0.329 e. The maximum absolute atomic E-state index is 12.4. The summed E-state index contributed by atoms with van der Waals surface area (Å²) in [6.07, 6.45) is 1.22. The zero-order valence-corrected chi connectivity index (χ0v) is 11.3. The van der Waals surface area contributed by atoms with Crippen molar-refractivity contribution < 1.29 is 4.79 Å². The maximum Gasteiger partial charge on any atom is 0.329 e. The second kappa shape index (κ2) is 5.73. The molecule has 0 aliphatic carbocycles. The quantitative estimate of drug-likeness (QED) is 0.883. The molecule has 102 valence electrons. The van der Waals surface area contributed by atoms with E-state index in [0.717, 1.165) is 17.5 Å². The van der Waals surface area contributed by atoms with Gasteiger partial charge in [-0.1, -0.05) is 19.1 Å². The fourth-order valence-corrected chi connectivity index (χ4v) is 2.27. The number of carbonyl (C=O) groups is 1. The summed E-state index contributed by atoms with van der Waals surface area (Å²) in [7, 11) is 1.60. The first-order valence-corrected chi connectivity index (χ1v) is 6.57. The molecule has 1 aromatic carbocycles. The predicted octanol–water partition coefficient (Wildman–Crippen LogP) is 1.35. The molecule has 0 atom stereocenters. The molecule has 0 saturated heterocycles. The lowest BCUT2D eigenvalue weighted by Gasteiger charge is -2.02. The van der Waals surface area contributed by atoms with Crippen molar-refractivity contribution in [2.24, 2.45) is 0 Å². The Morgan fingerprint density at radius 1 is 1.16 bits per heavy atom. The lowest BCUT2D eigenvalue weighted by Crippen LogP contribution is -2.27. The van der Waals surface area contributed by atoms with Crippen LogP contribution in [0.25, 0.3) is 11.0 Å². The minimum Gasteiger partial charge on any atom is -0.359 e. The molecule has 1 N–H and O–H groups in total. The Morgan fingerprint density at radius 2 is 1.74 bits per heavy atom. The number of imidazole rings is 1. The monoisotopic (exact) mass is 261 g/mol. The Hall–Kier alpha value is -2.04. The van der Waals surface area contributed by atoms with E-state index in [1.807, 2.05) is 31.2 Å². The second-order valence-corrected chi connectivity index (χ2v) is 4.50. The summed E-state index contributed by atoms with van der Waals surface area (Å²) in [5.74, 6) is -0.0563. The number of rotatable bonds is 5. The normalized spacial score (nSPS) is 10.8. The van der Waals surface area contributed by atoms with E-state index in [-0.39, 0.29) is 11.6 Å². The van der Waals surface area contributed by atoms with E-state index >= 15 is 0 Å². The Bertz CT molecular complexity index is 640. The third-order valence-corrected chi connectivity index (χ3v) is 3.21. The second-order valence-electron chi connectivity index (χ2n) is 4.50. The molecule has 19 heavy (non-hydrogen) atoms. The topological polar surface area (TPSA) is 56.0 Å². The van der Waals surface area contributed by atoms with Crippen LogP contribution >= 0.6 is 0 Å². The number of benzene rings is 1. The summed E-state index contributed by atoms with van der Waals surface area (Å²) in [6, 6.07) is 7.71. The van der Waals surface area contributed by atoms with E-state index in [1.54, 1.807) is 16.2 Å². The van der Waals surface area contributed by atoms with Crippen LogP contribution in [0.5, 0.6) is 0 Å². The predicted molar refractivity (Wildman–Crippen MR) is 75.2 cm³/mol. The minimum absolute atomic E-state index is 0.0352. The lowest BCUT2D eigenvalue weighted by atomic mass is 10.3. The average molecular weight is 261 g/mol. The highest BCUT2D eigenvalue weighted by molar-refractivity contribution is 5.77. The number of amides is 1. The zero-order chi connectivity index (χ0) is 13.8. The van der Waals surface area contributed by atoms with Gasteiger partial charge in [-0.3, -0.25) is 13.9 Å². The van der Waals surface area contributed by atoms with E-state index in [4.69, 9.17) is 0 Å². The van der Waals surface area contributed by atoms with Gasteiger partial charge in [0.05, 0.1) is 11.0 Å². The van der Waals surface area contributed by atoms with Gasteiger partial charge in [0.1, 0.15) is 0 Å². The van der Waals surface area contributed by atoms with Crippen LogP contribution in [-0.4, -0.2) is 22.1 Å². The van der Waals surface area contributed by atoms with Crippen LogP contribution in [0.1, 0.15) is 19.8 Å².